The smallest absolute Gasteiger partial charge is 0.222 e. The van der Waals surface area contributed by atoms with Crippen molar-refractivity contribution in [1.82, 2.24) is 5.32 Å². The number of hydrogen-bond acceptors (Lipinski definition) is 2. The van der Waals surface area contributed by atoms with Gasteiger partial charge in [-0.2, -0.15) is 0 Å². The quantitative estimate of drug-likeness (QED) is 0.856. The van der Waals surface area contributed by atoms with Gasteiger partial charge in [0.05, 0.1) is 0 Å². The summed E-state index contributed by atoms with van der Waals surface area (Å²) in [6.45, 7) is 0.922. The molecule has 3 nitrogen and oxygen atoms in total. The molecule has 0 bridgehead atoms. The second-order valence-corrected chi connectivity index (χ2v) is 5.03. The minimum atomic E-state index is -0.299. The summed E-state index contributed by atoms with van der Waals surface area (Å²) in [5.74, 6) is -0.360. The summed E-state index contributed by atoms with van der Waals surface area (Å²) in [6, 6.07) is 13.5. The van der Waals surface area contributed by atoms with Gasteiger partial charge in [-0.1, -0.05) is 29.8 Å². The van der Waals surface area contributed by atoms with Crippen molar-refractivity contribution < 1.29 is 9.18 Å². The van der Waals surface area contributed by atoms with Gasteiger partial charge in [-0.15, -0.1) is 0 Å². The van der Waals surface area contributed by atoms with Crippen LogP contribution in [0.3, 0.4) is 0 Å². The lowest BCUT2D eigenvalue weighted by Crippen LogP contribution is -2.24. The maximum atomic E-state index is 13.0. The molecule has 0 radical (unpaired) electrons. The number of anilines is 1. The SMILES string of the molecule is O=C(CCNc1cccc(F)c1)NCc1ccc(Cl)cc1. The average molecular weight is 307 g/mol. The minimum Gasteiger partial charge on any atom is -0.384 e. The van der Waals surface area contributed by atoms with Crippen LogP contribution in [0.25, 0.3) is 0 Å². The molecule has 0 aliphatic rings. The van der Waals surface area contributed by atoms with Crippen molar-refractivity contribution in [3.05, 3.63) is 64.9 Å². The van der Waals surface area contributed by atoms with Crippen molar-refractivity contribution in [2.75, 3.05) is 11.9 Å². The van der Waals surface area contributed by atoms with Gasteiger partial charge in [-0.05, 0) is 35.9 Å². The largest absolute Gasteiger partial charge is 0.384 e. The van der Waals surface area contributed by atoms with E-state index in [1.165, 1.54) is 12.1 Å². The number of carbonyl (C=O) groups is 1. The Hall–Kier alpha value is -2.07. The lowest BCUT2D eigenvalue weighted by atomic mass is 10.2. The van der Waals surface area contributed by atoms with Gasteiger partial charge in [0.25, 0.3) is 0 Å². The number of carbonyl (C=O) groups excluding carboxylic acids is 1. The summed E-state index contributed by atoms with van der Waals surface area (Å²) in [5, 5.41) is 6.49. The Kier molecular flexibility index (Phi) is 5.58. The Balaban J connectivity index is 1.69. The lowest BCUT2D eigenvalue weighted by Gasteiger charge is -2.08. The number of benzene rings is 2. The van der Waals surface area contributed by atoms with E-state index in [9.17, 15) is 9.18 Å². The van der Waals surface area contributed by atoms with Gasteiger partial charge in [-0.25, -0.2) is 4.39 Å². The van der Waals surface area contributed by atoms with E-state index in [2.05, 4.69) is 10.6 Å². The first-order valence-corrected chi connectivity index (χ1v) is 7.02. The van der Waals surface area contributed by atoms with E-state index >= 15 is 0 Å². The van der Waals surface area contributed by atoms with Crippen LogP contribution in [0.2, 0.25) is 5.02 Å². The molecule has 0 atom stereocenters. The monoisotopic (exact) mass is 306 g/mol. The summed E-state index contributed by atoms with van der Waals surface area (Å²) >= 11 is 5.79. The molecule has 0 aliphatic heterocycles. The van der Waals surface area contributed by atoms with Crippen molar-refractivity contribution in [3.8, 4) is 0 Å². The van der Waals surface area contributed by atoms with Crippen LogP contribution < -0.4 is 10.6 Å². The Morgan fingerprint density at radius 3 is 2.62 bits per heavy atom. The average Bonchev–Trinajstić information content (AvgIpc) is 2.47. The van der Waals surface area contributed by atoms with Crippen LogP contribution in [-0.2, 0) is 11.3 Å². The number of rotatable bonds is 6. The molecule has 2 aromatic carbocycles. The highest BCUT2D eigenvalue weighted by Crippen LogP contribution is 2.10. The highest BCUT2D eigenvalue weighted by molar-refractivity contribution is 6.30. The van der Waals surface area contributed by atoms with Crippen molar-refractivity contribution in [2.45, 2.75) is 13.0 Å². The van der Waals surface area contributed by atoms with E-state index in [0.29, 0.717) is 30.2 Å². The fraction of sp³-hybridized carbons (Fsp3) is 0.188. The normalized spacial score (nSPS) is 10.2. The molecule has 2 N–H and O–H groups in total. The Morgan fingerprint density at radius 2 is 1.90 bits per heavy atom. The van der Waals surface area contributed by atoms with Gasteiger partial charge < -0.3 is 10.6 Å². The zero-order valence-corrected chi connectivity index (χ0v) is 12.2. The molecular formula is C16H16ClFN2O. The molecule has 110 valence electrons. The summed E-state index contributed by atoms with van der Waals surface area (Å²) in [5.41, 5.74) is 1.66. The fourth-order valence-corrected chi connectivity index (χ4v) is 1.94. The standard InChI is InChI=1S/C16H16ClFN2O/c17-13-6-4-12(5-7-13)11-20-16(21)8-9-19-15-3-1-2-14(18)10-15/h1-7,10,19H,8-9,11H2,(H,20,21). The summed E-state index contributed by atoms with van der Waals surface area (Å²) in [4.78, 5) is 11.7. The molecule has 21 heavy (non-hydrogen) atoms. The van der Waals surface area contributed by atoms with Gasteiger partial charge >= 0.3 is 0 Å². The molecule has 0 fully saturated rings. The van der Waals surface area contributed by atoms with E-state index in [4.69, 9.17) is 11.6 Å². The Labute approximate surface area is 128 Å². The van der Waals surface area contributed by atoms with Crippen molar-refractivity contribution in [2.24, 2.45) is 0 Å². The van der Waals surface area contributed by atoms with Crippen LogP contribution in [0.15, 0.2) is 48.5 Å². The zero-order valence-electron chi connectivity index (χ0n) is 11.4. The van der Waals surface area contributed by atoms with Gasteiger partial charge in [0.2, 0.25) is 5.91 Å². The van der Waals surface area contributed by atoms with Crippen LogP contribution in [0.4, 0.5) is 10.1 Å². The number of nitrogens with one attached hydrogen (secondary N) is 2. The molecule has 0 aliphatic carbocycles. The van der Waals surface area contributed by atoms with E-state index in [0.717, 1.165) is 5.56 Å². The third-order valence-electron chi connectivity index (χ3n) is 2.91. The predicted octanol–water partition coefficient (Wildman–Crippen LogP) is 3.60. The minimum absolute atomic E-state index is 0.0612. The van der Waals surface area contributed by atoms with Gasteiger partial charge in [0.15, 0.2) is 0 Å². The predicted molar refractivity (Wildman–Crippen MR) is 82.8 cm³/mol. The number of amides is 1. The van der Waals surface area contributed by atoms with Crippen LogP contribution >= 0.6 is 11.6 Å². The molecule has 2 aromatic rings. The van der Waals surface area contributed by atoms with Crippen LogP contribution in [0.5, 0.6) is 0 Å². The highest BCUT2D eigenvalue weighted by Gasteiger charge is 2.02. The van der Waals surface area contributed by atoms with Crippen molar-refractivity contribution in [1.29, 1.82) is 0 Å². The molecule has 1 amide bonds. The van der Waals surface area contributed by atoms with Crippen LogP contribution in [-0.4, -0.2) is 12.5 Å². The third kappa shape index (κ3) is 5.44. The first-order valence-electron chi connectivity index (χ1n) is 6.64. The molecule has 0 saturated heterocycles. The zero-order chi connectivity index (χ0) is 15.1. The second-order valence-electron chi connectivity index (χ2n) is 4.59. The topological polar surface area (TPSA) is 41.1 Å². The van der Waals surface area contributed by atoms with E-state index in [1.54, 1.807) is 24.3 Å². The maximum Gasteiger partial charge on any atom is 0.222 e. The van der Waals surface area contributed by atoms with Crippen molar-refractivity contribution >= 4 is 23.2 Å². The summed E-state index contributed by atoms with van der Waals surface area (Å²) in [6.07, 6.45) is 0.324. The number of halogens is 2. The molecule has 0 heterocycles. The van der Waals surface area contributed by atoms with Crippen LogP contribution in [0.1, 0.15) is 12.0 Å². The maximum absolute atomic E-state index is 13.0. The van der Waals surface area contributed by atoms with E-state index in [-0.39, 0.29) is 11.7 Å². The fourth-order valence-electron chi connectivity index (χ4n) is 1.81. The van der Waals surface area contributed by atoms with Gasteiger partial charge in [-0.3, -0.25) is 4.79 Å². The lowest BCUT2D eigenvalue weighted by molar-refractivity contribution is -0.121. The first-order chi connectivity index (χ1) is 10.1. The summed E-state index contributed by atoms with van der Waals surface area (Å²) < 4.78 is 13.0. The molecule has 2 rings (SSSR count). The third-order valence-corrected chi connectivity index (χ3v) is 3.16. The molecular weight excluding hydrogens is 291 g/mol. The molecule has 0 spiro atoms. The van der Waals surface area contributed by atoms with Crippen molar-refractivity contribution in [3.63, 3.8) is 0 Å². The molecule has 0 unspecified atom stereocenters. The van der Waals surface area contributed by atoms with Crippen LogP contribution in [0, 0.1) is 5.82 Å². The van der Waals surface area contributed by atoms with Gasteiger partial charge in [0.1, 0.15) is 5.82 Å². The molecule has 5 heteroatoms. The van der Waals surface area contributed by atoms with E-state index < -0.39 is 0 Å². The second kappa shape index (κ2) is 7.64. The molecule has 0 saturated carbocycles. The summed E-state index contributed by atoms with van der Waals surface area (Å²) in [7, 11) is 0. The van der Waals surface area contributed by atoms with E-state index in [1.807, 2.05) is 12.1 Å². The highest BCUT2D eigenvalue weighted by atomic mass is 35.5. The van der Waals surface area contributed by atoms with Gasteiger partial charge in [0, 0.05) is 30.2 Å². The first kappa shape index (κ1) is 15.3. The Morgan fingerprint density at radius 1 is 1.14 bits per heavy atom. The number of hydrogen-bond donors (Lipinski definition) is 2. The molecule has 0 aromatic heterocycles. The Bertz CT molecular complexity index is 601.